The van der Waals surface area contributed by atoms with Crippen LogP contribution in [0.3, 0.4) is 0 Å². The van der Waals surface area contributed by atoms with Crippen LogP contribution in [0.25, 0.3) is 0 Å². The fourth-order valence-corrected chi connectivity index (χ4v) is 2.86. The molecule has 9 heteroatoms. The average molecular weight is 351 g/mol. The number of alkyl halides is 3. The smallest absolute Gasteiger partial charge is 0.357 e. The van der Waals surface area contributed by atoms with E-state index in [2.05, 4.69) is 15.6 Å². The molecule has 0 unspecified atom stereocenters. The molecule has 23 heavy (non-hydrogen) atoms. The number of halogens is 3. The van der Waals surface area contributed by atoms with Gasteiger partial charge in [0.2, 0.25) is 0 Å². The SMILES string of the molecule is CCNC(=NCCC(F)(F)F)NCCS(=O)(=O)c1ccccc1. The molecule has 2 N–H and O–H groups in total. The van der Waals surface area contributed by atoms with E-state index >= 15 is 0 Å². The van der Waals surface area contributed by atoms with Crippen molar-refractivity contribution in [2.24, 2.45) is 4.99 Å². The first-order chi connectivity index (χ1) is 10.7. The fourth-order valence-electron chi connectivity index (χ4n) is 1.69. The van der Waals surface area contributed by atoms with Crippen molar-refractivity contribution in [3.63, 3.8) is 0 Å². The molecule has 0 saturated carbocycles. The van der Waals surface area contributed by atoms with Crippen LogP contribution < -0.4 is 10.6 Å². The lowest BCUT2D eigenvalue weighted by Crippen LogP contribution is -2.39. The standard InChI is InChI=1S/C14H20F3N3O2S/c1-2-18-13(19-9-8-14(15,16)17)20-10-11-23(21,22)12-6-4-3-5-7-12/h3-7H,2,8-11H2,1H3,(H2,18,19,20). The van der Waals surface area contributed by atoms with Crippen LogP contribution in [0.1, 0.15) is 13.3 Å². The summed E-state index contributed by atoms with van der Waals surface area (Å²) in [6.07, 6.45) is -5.29. The Balaban J connectivity index is 2.54. The van der Waals surface area contributed by atoms with Crippen molar-refractivity contribution >= 4 is 15.8 Å². The van der Waals surface area contributed by atoms with Gasteiger partial charge in [-0.05, 0) is 19.1 Å². The molecule has 0 spiro atoms. The molecule has 0 aromatic heterocycles. The molecule has 1 rings (SSSR count). The van der Waals surface area contributed by atoms with E-state index in [4.69, 9.17) is 0 Å². The summed E-state index contributed by atoms with van der Waals surface area (Å²) >= 11 is 0. The van der Waals surface area contributed by atoms with Crippen LogP contribution in [0.2, 0.25) is 0 Å². The van der Waals surface area contributed by atoms with Gasteiger partial charge in [-0.1, -0.05) is 18.2 Å². The number of rotatable bonds is 7. The predicted molar refractivity (Wildman–Crippen MR) is 83.1 cm³/mol. The lowest BCUT2D eigenvalue weighted by molar-refractivity contribution is -0.132. The second-order valence-electron chi connectivity index (χ2n) is 4.68. The number of hydrogen-bond acceptors (Lipinski definition) is 3. The quantitative estimate of drug-likeness (QED) is 0.582. The Morgan fingerprint density at radius 1 is 1.17 bits per heavy atom. The van der Waals surface area contributed by atoms with Crippen molar-refractivity contribution in [3.05, 3.63) is 30.3 Å². The molecule has 0 bridgehead atoms. The molecule has 0 aliphatic heterocycles. The van der Waals surface area contributed by atoms with Gasteiger partial charge < -0.3 is 10.6 Å². The van der Waals surface area contributed by atoms with Gasteiger partial charge in [-0.2, -0.15) is 13.2 Å². The molecule has 0 aliphatic carbocycles. The van der Waals surface area contributed by atoms with E-state index in [1.54, 1.807) is 25.1 Å². The van der Waals surface area contributed by atoms with Gasteiger partial charge in [0.05, 0.1) is 23.6 Å². The summed E-state index contributed by atoms with van der Waals surface area (Å²) in [5.74, 6) is -0.0132. The third-order valence-corrected chi connectivity index (χ3v) is 4.51. The molecular weight excluding hydrogens is 331 g/mol. The van der Waals surface area contributed by atoms with E-state index in [9.17, 15) is 21.6 Å². The van der Waals surface area contributed by atoms with Gasteiger partial charge in [0, 0.05) is 13.1 Å². The van der Waals surface area contributed by atoms with Crippen molar-refractivity contribution < 1.29 is 21.6 Å². The van der Waals surface area contributed by atoms with Gasteiger partial charge in [-0.25, -0.2) is 8.42 Å². The van der Waals surface area contributed by atoms with E-state index in [1.807, 2.05) is 0 Å². The summed E-state index contributed by atoms with van der Waals surface area (Å²) in [4.78, 5) is 3.98. The van der Waals surface area contributed by atoms with Gasteiger partial charge in [0.25, 0.3) is 0 Å². The lowest BCUT2D eigenvalue weighted by Gasteiger charge is -2.12. The minimum Gasteiger partial charge on any atom is -0.357 e. The minimum atomic E-state index is -4.27. The van der Waals surface area contributed by atoms with Crippen molar-refractivity contribution in [2.75, 3.05) is 25.4 Å². The zero-order valence-electron chi connectivity index (χ0n) is 12.7. The lowest BCUT2D eigenvalue weighted by atomic mass is 10.4. The van der Waals surface area contributed by atoms with Crippen LogP contribution in [0, 0.1) is 0 Å². The molecule has 130 valence electrons. The highest BCUT2D eigenvalue weighted by Crippen LogP contribution is 2.18. The summed E-state index contributed by atoms with van der Waals surface area (Å²) in [7, 11) is -3.44. The average Bonchev–Trinajstić information content (AvgIpc) is 2.47. The maximum atomic E-state index is 12.1. The molecule has 0 heterocycles. The van der Waals surface area contributed by atoms with E-state index in [0.29, 0.717) is 6.54 Å². The van der Waals surface area contributed by atoms with Crippen LogP contribution >= 0.6 is 0 Å². The molecule has 0 radical (unpaired) electrons. The Hall–Kier alpha value is -1.77. The maximum absolute atomic E-state index is 12.1. The Kier molecular flexibility index (Phi) is 7.34. The van der Waals surface area contributed by atoms with Crippen LogP contribution in [-0.4, -0.2) is 45.9 Å². The highest BCUT2D eigenvalue weighted by molar-refractivity contribution is 7.91. The molecule has 0 fully saturated rings. The number of nitrogens with zero attached hydrogens (tertiary/aromatic N) is 1. The van der Waals surface area contributed by atoms with Crippen molar-refractivity contribution in [1.82, 2.24) is 10.6 Å². The maximum Gasteiger partial charge on any atom is 0.390 e. The first-order valence-corrected chi connectivity index (χ1v) is 8.76. The van der Waals surface area contributed by atoms with Crippen LogP contribution in [0.5, 0.6) is 0 Å². The third-order valence-electron chi connectivity index (χ3n) is 2.77. The highest BCUT2D eigenvalue weighted by atomic mass is 32.2. The van der Waals surface area contributed by atoms with Gasteiger partial charge in [0.1, 0.15) is 0 Å². The Morgan fingerprint density at radius 3 is 2.39 bits per heavy atom. The number of guanidine groups is 1. The Labute approximate surface area is 133 Å². The monoisotopic (exact) mass is 351 g/mol. The summed E-state index contributed by atoms with van der Waals surface area (Å²) in [5.41, 5.74) is 0. The predicted octanol–water partition coefficient (Wildman–Crippen LogP) is 1.97. The summed E-state index contributed by atoms with van der Waals surface area (Å²) in [5, 5.41) is 5.50. The molecule has 0 saturated heterocycles. The summed E-state index contributed by atoms with van der Waals surface area (Å²) in [6.45, 7) is 1.87. The zero-order chi connectivity index (χ0) is 17.3. The van der Waals surface area contributed by atoms with E-state index < -0.39 is 29.0 Å². The number of nitrogens with one attached hydrogen (secondary N) is 2. The van der Waals surface area contributed by atoms with Gasteiger partial charge in [0.15, 0.2) is 15.8 Å². The van der Waals surface area contributed by atoms with Gasteiger partial charge in [-0.3, -0.25) is 4.99 Å². The molecule has 0 aliphatic rings. The minimum absolute atomic E-state index is 0.0507. The largest absolute Gasteiger partial charge is 0.390 e. The second-order valence-corrected chi connectivity index (χ2v) is 6.79. The third kappa shape index (κ3) is 7.87. The molecular formula is C14H20F3N3O2S. The first kappa shape index (κ1) is 19.3. The highest BCUT2D eigenvalue weighted by Gasteiger charge is 2.26. The molecule has 1 aromatic rings. The fraction of sp³-hybridized carbons (Fsp3) is 0.500. The van der Waals surface area contributed by atoms with Gasteiger partial charge >= 0.3 is 6.18 Å². The Morgan fingerprint density at radius 2 is 1.83 bits per heavy atom. The number of sulfone groups is 1. The zero-order valence-corrected chi connectivity index (χ0v) is 13.5. The summed E-state index contributed by atoms with van der Waals surface area (Å²) in [6, 6.07) is 7.97. The van der Waals surface area contributed by atoms with Crippen LogP contribution in [0.15, 0.2) is 40.2 Å². The molecule has 5 nitrogen and oxygen atoms in total. The number of benzene rings is 1. The normalized spacial score (nSPS) is 13.0. The summed E-state index contributed by atoms with van der Waals surface area (Å²) < 4.78 is 60.4. The van der Waals surface area contributed by atoms with Crippen LogP contribution in [-0.2, 0) is 9.84 Å². The molecule has 0 amide bonds. The van der Waals surface area contributed by atoms with E-state index in [1.165, 1.54) is 12.1 Å². The second kappa shape index (κ2) is 8.76. The molecule has 0 atom stereocenters. The van der Waals surface area contributed by atoms with Crippen molar-refractivity contribution in [1.29, 1.82) is 0 Å². The van der Waals surface area contributed by atoms with Gasteiger partial charge in [-0.15, -0.1) is 0 Å². The van der Waals surface area contributed by atoms with Crippen LogP contribution in [0.4, 0.5) is 13.2 Å². The number of aliphatic imine (C=N–C) groups is 1. The Bertz CT molecular complexity index is 601. The van der Waals surface area contributed by atoms with Crippen molar-refractivity contribution in [2.45, 2.75) is 24.4 Å². The number of hydrogen-bond donors (Lipinski definition) is 2. The van der Waals surface area contributed by atoms with E-state index in [0.717, 1.165) is 0 Å². The van der Waals surface area contributed by atoms with Crippen molar-refractivity contribution in [3.8, 4) is 0 Å². The topological polar surface area (TPSA) is 70.6 Å². The molecule has 1 aromatic carbocycles. The first-order valence-electron chi connectivity index (χ1n) is 7.11. The van der Waals surface area contributed by atoms with E-state index in [-0.39, 0.29) is 23.2 Å².